The zero-order valence-electron chi connectivity index (χ0n) is 16.6. The Morgan fingerprint density at radius 3 is 2.57 bits per heavy atom. The minimum absolute atomic E-state index is 0.0202. The minimum atomic E-state index is -0.918. The lowest BCUT2D eigenvalue weighted by molar-refractivity contribution is -0.146. The van der Waals surface area contributed by atoms with Crippen molar-refractivity contribution in [2.24, 2.45) is 5.92 Å². The molecule has 1 aromatic rings. The van der Waals surface area contributed by atoms with Crippen LogP contribution in [0, 0.1) is 5.92 Å². The van der Waals surface area contributed by atoms with Crippen molar-refractivity contribution in [3.05, 3.63) is 29.8 Å². The standard InChI is InChI=1S/C22H31N3O3/c26-21(27)16-25-11-4-3-7-20(22(25)28)23-12-8-17(9-13-23)15-24-14-10-18-5-1-2-6-19(18)24/h1-2,5-6,17,20H,3-4,7-16H2,(H,26,27). The van der Waals surface area contributed by atoms with E-state index in [0.29, 0.717) is 12.5 Å². The number of para-hydroxylation sites is 1. The first kappa shape index (κ1) is 19.2. The van der Waals surface area contributed by atoms with Gasteiger partial charge in [0.05, 0.1) is 6.04 Å². The van der Waals surface area contributed by atoms with Crippen LogP contribution in [-0.4, -0.2) is 72.1 Å². The molecule has 152 valence electrons. The number of piperidine rings is 1. The molecule has 6 heteroatoms. The van der Waals surface area contributed by atoms with Crippen LogP contribution >= 0.6 is 0 Å². The third kappa shape index (κ3) is 4.17. The van der Waals surface area contributed by atoms with Gasteiger partial charge in [-0.3, -0.25) is 14.5 Å². The number of carbonyl (C=O) groups excluding carboxylic acids is 1. The first-order chi connectivity index (χ1) is 13.6. The third-order valence-electron chi connectivity index (χ3n) is 6.63. The monoisotopic (exact) mass is 385 g/mol. The van der Waals surface area contributed by atoms with Gasteiger partial charge in [-0.25, -0.2) is 0 Å². The maximum atomic E-state index is 12.9. The minimum Gasteiger partial charge on any atom is -0.480 e. The van der Waals surface area contributed by atoms with Crippen LogP contribution in [0.25, 0.3) is 0 Å². The second kappa shape index (κ2) is 8.52. The van der Waals surface area contributed by atoms with E-state index in [2.05, 4.69) is 34.1 Å². The number of nitrogens with zero attached hydrogens (tertiary/aromatic N) is 3. The van der Waals surface area contributed by atoms with Crippen molar-refractivity contribution in [2.75, 3.05) is 44.2 Å². The molecule has 3 heterocycles. The van der Waals surface area contributed by atoms with Crippen LogP contribution in [0.2, 0.25) is 0 Å². The number of hydrogen-bond donors (Lipinski definition) is 1. The molecular weight excluding hydrogens is 354 g/mol. The Hall–Kier alpha value is -2.08. The van der Waals surface area contributed by atoms with Gasteiger partial charge in [-0.1, -0.05) is 18.2 Å². The Morgan fingerprint density at radius 2 is 1.79 bits per heavy atom. The Labute approximate surface area is 167 Å². The SMILES string of the molecule is O=C(O)CN1CCCCC(N2CCC(CN3CCc4ccccc43)CC2)C1=O. The highest BCUT2D eigenvalue weighted by Crippen LogP contribution is 2.31. The number of fused-ring (bicyclic) bond motifs is 1. The number of hydrogen-bond acceptors (Lipinski definition) is 4. The predicted molar refractivity (Wildman–Crippen MR) is 109 cm³/mol. The molecule has 0 aliphatic carbocycles. The lowest BCUT2D eigenvalue weighted by Gasteiger charge is -2.39. The zero-order valence-corrected chi connectivity index (χ0v) is 16.6. The molecule has 0 aromatic heterocycles. The molecule has 0 saturated carbocycles. The van der Waals surface area contributed by atoms with Crippen LogP contribution < -0.4 is 4.90 Å². The summed E-state index contributed by atoms with van der Waals surface area (Å²) in [7, 11) is 0. The van der Waals surface area contributed by atoms with Crippen molar-refractivity contribution >= 4 is 17.6 Å². The van der Waals surface area contributed by atoms with E-state index in [9.17, 15) is 9.59 Å². The first-order valence-electron chi connectivity index (χ1n) is 10.7. The molecule has 2 fully saturated rings. The lowest BCUT2D eigenvalue weighted by Crippen LogP contribution is -2.51. The van der Waals surface area contributed by atoms with E-state index in [1.165, 1.54) is 11.3 Å². The van der Waals surface area contributed by atoms with Gasteiger partial charge in [-0.15, -0.1) is 0 Å². The highest BCUT2D eigenvalue weighted by Gasteiger charge is 2.35. The average molecular weight is 386 g/mol. The molecule has 3 aliphatic rings. The number of aliphatic carboxylic acids is 1. The van der Waals surface area contributed by atoms with Crippen LogP contribution in [-0.2, 0) is 16.0 Å². The largest absolute Gasteiger partial charge is 0.480 e. The van der Waals surface area contributed by atoms with E-state index >= 15 is 0 Å². The number of rotatable bonds is 5. The number of carboxylic acid groups (broad SMARTS) is 1. The molecule has 1 amide bonds. The predicted octanol–water partition coefficient (Wildman–Crippen LogP) is 2.23. The number of amides is 1. The van der Waals surface area contributed by atoms with Crippen LogP contribution in [0.3, 0.4) is 0 Å². The summed E-state index contributed by atoms with van der Waals surface area (Å²) in [4.78, 5) is 30.4. The highest BCUT2D eigenvalue weighted by atomic mass is 16.4. The molecule has 1 unspecified atom stereocenters. The number of anilines is 1. The van der Waals surface area contributed by atoms with Crippen LogP contribution in [0.4, 0.5) is 5.69 Å². The van der Waals surface area contributed by atoms with Gasteiger partial charge >= 0.3 is 5.97 Å². The molecule has 0 bridgehead atoms. The van der Waals surface area contributed by atoms with Gasteiger partial charge in [0.25, 0.3) is 0 Å². The Morgan fingerprint density at radius 1 is 1.00 bits per heavy atom. The number of carbonyl (C=O) groups is 2. The van der Waals surface area contributed by atoms with Gasteiger partial charge in [0.1, 0.15) is 6.54 Å². The summed E-state index contributed by atoms with van der Waals surface area (Å²) >= 11 is 0. The van der Waals surface area contributed by atoms with E-state index in [1.807, 2.05) is 0 Å². The van der Waals surface area contributed by atoms with E-state index < -0.39 is 5.97 Å². The molecule has 2 saturated heterocycles. The van der Waals surface area contributed by atoms with Gasteiger partial charge < -0.3 is 14.9 Å². The summed E-state index contributed by atoms with van der Waals surface area (Å²) in [5.74, 6) is -0.233. The van der Waals surface area contributed by atoms with Gasteiger partial charge in [-0.05, 0) is 69.2 Å². The Kier molecular flexibility index (Phi) is 5.85. The van der Waals surface area contributed by atoms with Gasteiger partial charge in [0, 0.05) is 25.3 Å². The molecule has 6 nitrogen and oxygen atoms in total. The van der Waals surface area contributed by atoms with E-state index in [4.69, 9.17) is 5.11 Å². The molecule has 0 radical (unpaired) electrons. The van der Waals surface area contributed by atoms with Crippen molar-refractivity contribution in [3.63, 3.8) is 0 Å². The molecule has 1 N–H and O–H groups in total. The average Bonchev–Trinajstić information content (AvgIpc) is 3.01. The fourth-order valence-corrected chi connectivity index (χ4v) is 5.10. The molecule has 4 rings (SSSR count). The third-order valence-corrected chi connectivity index (χ3v) is 6.63. The van der Waals surface area contributed by atoms with Crippen LogP contribution in [0.5, 0.6) is 0 Å². The molecule has 0 spiro atoms. The Bertz CT molecular complexity index is 715. The van der Waals surface area contributed by atoms with Crippen molar-refractivity contribution in [3.8, 4) is 0 Å². The van der Waals surface area contributed by atoms with Crippen molar-refractivity contribution in [1.29, 1.82) is 0 Å². The molecule has 1 atom stereocenters. The summed E-state index contributed by atoms with van der Waals surface area (Å²) < 4.78 is 0. The quantitative estimate of drug-likeness (QED) is 0.842. The highest BCUT2D eigenvalue weighted by molar-refractivity contribution is 5.85. The summed E-state index contributed by atoms with van der Waals surface area (Å²) in [5, 5.41) is 9.10. The number of carboxylic acids is 1. The van der Waals surface area contributed by atoms with E-state index in [-0.39, 0.29) is 18.5 Å². The molecule has 3 aliphatic heterocycles. The fraction of sp³-hybridized carbons (Fsp3) is 0.636. The maximum absolute atomic E-state index is 12.9. The molecule has 1 aromatic carbocycles. The molecule has 28 heavy (non-hydrogen) atoms. The first-order valence-corrected chi connectivity index (χ1v) is 10.7. The van der Waals surface area contributed by atoms with Crippen LogP contribution in [0.15, 0.2) is 24.3 Å². The smallest absolute Gasteiger partial charge is 0.323 e. The summed E-state index contributed by atoms with van der Waals surface area (Å²) in [6.45, 7) is 4.51. The van der Waals surface area contributed by atoms with E-state index in [0.717, 1.165) is 64.7 Å². The lowest BCUT2D eigenvalue weighted by atomic mass is 9.94. The normalized spacial score (nSPS) is 24.3. The number of benzene rings is 1. The van der Waals surface area contributed by atoms with Gasteiger partial charge in [0.2, 0.25) is 5.91 Å². The van der Waals surface area contributed by atoms with Gasteiger partial charge in [-0.2, -0.15) is 0 Å². The van der Waals surface area contributed by atoms with Crippen molar-refractivity contribution < 1.29 is 14.7 Å². The summed E-state index contributed by atoms with van der Waals surface area (Å²) in [5.41, 5.74) is 2.86. The van der Waals surface area contributed by atoms with Gasteiger partial charge in [0.15, 0.2) is 0 Å². The second-order valence-electron chi connectivity index (χ2n) is 8.47. The topological polar surface area (TPSA) is 64.1 Å². The summed E-state index contributed by atoms with van der Waals surface area (Å²) in [6, 6.07) is 8.59. The second-order valence-corrected chi connectivity index (χ2v) is 8.47. The van der Waals surface area contributed by atoms with Crippen molar-refractivity contribution in [1.82, 2.24) is 9.80 Å². The fourth-order valence-electron chi connectivity index (χ4n) is 5.10. The van der Waals surface area contributed by atoms with E-state index in [1.54, 1.807) is 4.90 Å². The Balaban J connectivity index is 1.32. The maximum Gasteiger partial charge on any atom is 0.323 e. The van der Waals surface area contributed by atoms with Crippen molar-refractivity contribution in [2.45, 2.75) is 44.6 Å². The number of likely N-dealkylation sites (tertiary alicyclic amines) is 2. The zero-order chi connectivity index (χ0) is 19.5. The van der Waals surface area contributed by atoms with Crippen LogP contribution in [0.1, 0.15) is 37.7 Å². The summed E-state index contributed by atoms with van der Waals surface area (Å²) in [6.07, 6.45) is 6.13. The molecular formula is C22H31N3O3.